The van der Waals surface area contributed by atoms with Gasteiger partial charge in [0.05, 0.1) is 12.7 Å². The van der Waals surface area contributed by atoms with Crippen molar-refractivity contribution in [2.75, 3.05) is 13.1 Å². The summed E-state index contributed by atoms with van der Waals surface area (Å²) in [4.78, 5) is 0. The standard InChI is InChI=1S/C17H25N3/c1-17(2,3)9-8-14-4-6-15(7-5-14)10-18-11-16-12-19-20-13-16/h4-7,12,18H,8-11,13H2,1-3H3. The Balaban J connectivity index is 1.73. The Morgan fingerprint density at radius 3 is 2.35 bits per heavy atom. The molecule has 1 aliphatic heterocycles. The van der Waals surface area contributed by atoms with Gasteiger partial charge in [-0.25, -0.2) is 0 Å². The second kappa shape index (κ2) is 6.80. The summed E-state index contributed by atoms with van der Waals surface area (Å²) >= 11 is 0. The molecule has 3 nitrogen and oxygen atoms in total. The first kappa shape index (κ1) is 14.9. The molecule has 1 aromatic carbocycles. The van der Waals surface area contributed by atoms with E-state index in [0.717, 1.165) is 26.1 Å². The second-order valence-electron chi connectivity index (χ2n) is 6.68. The fourth-order valence-corrected chi connectivity index (χ4v) is 2.11. The van der Waals surface area contributed by atoms with Crippen molar-refractivity contribution in [3.8, 4) is 0 Å². The lowest BCUT2D eigenvalue weighted by Gasteiger charge is -2.17. The molecule has 2 rings (SSSR count). The van der Waals surface area contributed by atoms with Crippen LogP contribution < -0.4 is 5.32 Å². The summed E-state index contributed by atoms with van der Waals surface area (Å²) in [5.74, 6) is 0. The van der Waals surface area contributed by atoms with Gasteiger partial charge in [0, 0.05) is 13.1 Å². The van der Waals surface area contributed by atoms with Crippen LogP contribution in [0.3, 0.4) is 0 Å². The fraction of sp³-hybridized carbons (Fsp3) is 0.529. The van der Waals surface area contributed by atoms with Crippen molar-refractivity contribution >= 4 is 0 Å². The summed E-state index contributed by atoms with van der Waals surface area (Å²) in [6.07, 6.45) is 4.24. The fourth-order valence-electron chi connectivity index (χ4n) is 2.11. The minimum absolute atomic E-state index is 0.408. The van der Waals surface area contributed by atoms with E-state index < -0.39 is 0 Å². The van der Waals surface area contributed by atoms with Crippen molar-refractivity contribution < 1.29 is 0 Å². The molecule has 20 heavy (non-hydrogen) atoms. The maximum absolute atomic E-state index is 3.93. The van der Waals surface area contributed by atoms with Crippen molar-refractivity contribution in [3.05, 3.63) is 47.2 Å². The average Bonchev–Trinajstić information content (AvgIpc) is 2.90. The predicted molar refractivity (Wildman–Crippen MR) is 83.7 cm³/mol. The van der Waals surface area contributed by atoms with E-state index >= 15 is 0 Å². The van der Waals surface area contributed by atoms with Crippen molar-refractivity contribution in [3.63, 3.8) is 0 Å². The zero-order chi connectivity index (χ0) is 14.4. The number of rotatable bonds is 6. The molecule has 0 bridgehead atoms. The Morgan fingerprint density at radius 2 is 1.75 bits per heavy atom. The molecule has 0 radical (unpaired) electrons. The Bertz CT molecular complexity index is 478. The molecule has 0 aromatic heterocycles. The summed E-state index contributed by atoms with van der Waals surface area (Å²) in [5, 5.41) is 11.2. The van der Waals surface area contributed by atoms with Gasteiger partial charge in [0.25, 0.3) is 0 Å². The van der Waals surface area contributed by atoms with Crippen LogP contribution in [0.4, 0.5) is 0 Å². The van der Waals surface area contributed by atoms with Crippen LogP contribution >= 0.6 is 0 Å². The molecule has 3 heteroatoms. The molecule has 0 amide bonds. The van der Waals surface area contributed by atoms with Crippen LogP contribution in [-0.2, 0) is 13.0 Å². The highest BCUT2D eigenvalue weighted by Crippen LogP contribution is 2.21. The summed E-state index contributed by atoms with van der Waals surface area (Å²) in [5.41, 5.74) is 4.43. The van der Waals surface area contributed by atoms with Crippen LogP contribution in [-0.4, -0.2) is 13.1 Å². The Kier molecular flexibility index (Phi) is 5.07. The number of aryl methyl sites for hydroxylation is 1. The van der Waals surface area contributed by atoms with Crippen molar-refractivity contribution in [1.82, 2.24) is 5.32 Å². The van der Waals surface area contributed by atoms with Crippen LogP contribution in [0.15, 0.2) is 46.3 Å². The molecule has 1 aliphatic rings. The third-order valence-electron chi connectivity index (χ3n) is 3.46. The maximum Gasteiger partial charge on any atom is 0.0844 e. The van der Waals surface area contributed by atoms with Gasteiger partial charge in [0.1, 0.15) is 0 Å². The van der Waals surface area contributed by atoms with Gasteiger partial charge in [0.2, 0.25) is 0 Å². The quantitative estimate of drug-likeness (QED) is 0.830. The third kappa shape index (κ3) is 5.25. The highest BCUT2D eigenvalue weighted by Gasteiger charge is 2.09. The summed E-state index contributed by atoms with van der Waals surface area (Å²) < 4.78 is 0. The molecule has 1 heterocycles. The number of nitrogens with one attached hydrogen (secondary N) is 1. The number of nitrogens with zero attached hydrogens (tertiary/aromatic N) is 2. The van der Waals surface area contributed by atoms with Crippen molar-refractivity contribution in [1.29, 1.82) is 0 Å². The van der Waals surface area contributed by atoms with Crippen LogP contribution in [0.5, 0.6) is 0 Å². The first-order valence-corrected chi connectivity index (χ1v) is 7.36. The van der Waals surface area contributed by atoms with Gasteiger partial charge in [-0.1, -0.05) is 45.0 Å². The largest absolute Gasteiger partial charge is 0.309 e. The van der Waals surface area contributed by atoms with Gasteiger partial charge in [0.15, 0.2) is 0 Å². The van der Waals surface area contributed by atoms with E-state index in [2.05, 4.69) is 60.6 Å². The van der Waals surface area contributed by atoms with Crippen LogP contribution in [0, 0.1) is 5.41 Å². The van der Waals surface area contributed by atoms with Gasteiger partial charge in [-0.05, 0) is 35.0 Å². The molecule has 0 fully saturated rings. The highest BCUT2D eigenvalue weighted by atomic mass is 15.1. The van der Waals surface area contributed by atoms with E-state index in [-0.39, 0.29) is 0 Å². The summed E-state index contributed by atoms with van der Waals surface area (Å²) in [6.45, 7) is 9.40. The first-order chi connectivity index (χ1) is 9.53. The van der Waals surface area contributed by atoms with E-state index in [9.17, 15) is 0 Å². The van der Waals surface area contributed by atoms with Gasteiger partial charge in [-0.3, -0.25) is 0 Å². The summed E-state index contributed by atoms with van der Waals surface area (Å²) in [6, 6.07) is 8.95. The van der Waals surface area contributed by atoms with E-state index in [0.29, 0.717) is 5.41 Å². The molecular weight excluding hydrogens is 246 g/mol. The summed E-state index contributed by atoms with van der Waals surface area (Å²) in [7, 11) is 0. The van der Waals surface area contributed by atoms with Crippen molar-refractivity contribution in [2.24, 2.45) is 15.6 Å². The lowest BCUT2D eigenvalue weighted by molar-refractivity contribution is 0.378. The zero-order valence-corrected chi connectivity index (χ0v) is 12.8. The maximum atomic E-state index is 3.93. The van der Waals surface area contributed by atoms with Gasteiger partial charge in [-0.2, -0.15) is 10.2 Å². The van der Waals surface area contributed by atoms with Gasteiger partial charge < -0.3 is 5.32 Å². The SMILES string of the molecule is CC(C)(C)CCc1ccc(CNCC2=CN=NC2)cc1. The van der Waals surface area contributed by atoms with Crippen molar-refractivity contribution in [2.45, 2.75) is 40.2 Å². The number of hydrogen-bond donors (Lipinski definition) is 1. The van der Waals surface area contributed by atoms with E-state index in [1.807, 2.05) is 6.20 Å². The third-order valence-corrected chi connectivity index (χ3v) is 3.46. The Labute approximate surface area is 122 Å². The van der Waals surface area contributed by atoms with Crippen LogP contribution in [0.25, 0.3) is 0 Å². The minimum atomic E-state index is 0.408. The minimum Gasteiger partial charge on any atom is -0.309 e. The number of hydrogen-bond acceptors (Lipinski definition) is 3. The molecule has 1 N–H and O–H groups in total. The molecular formula is C17H25N3. The molecule has 0 atom stereocenters. The lowest BCUT2D eigenvalue weighted by atomic mass is 9.88. The molecule has 0 aliphatic carbocycles. The zero-order valence-electron chi connectivity index (χ0n) is 12.8. The number of benzene rings is 1. The predicted octanol–water partition coefficient (Wildman–Crippen LogP) is 4.10. The van der Waals surface area contributed by atoms with E-state index in [1.165, 1.54) is 23.1 Å². The van der Waals surface area contributed by atoms with Gasteiger partial charge >= 0.3 is 0 Å². The van der Waals surface area contributed by atoms with E-state index in [1.54, 1.807) is 0 Å². The van der Waals surface area contributed by atoms with E-state index in [4.69, 9.17) is 0 Å². The second-order valence-corrected chi connectivity index (χ2v) is 6.68. The molecule has 0 unspecified atom stereocenters. The Morgan fingerprint density at radius 1 is 1.05 bits per heavy atom. The molecule has 0 saturated carbocycles. The Hall–Kier alpha value is -1.48. The monoisotopic (exact) mass is 271 g/mol. The molecule has 0 spiro atoms. The molecule has 0 saturated heterocycles. The average molecular weight is 271 g/mol. The topological polar surface area (TPSA) is 36.8 Å². The highest BCUT2D eigenvalue weighted by molar-refractivity contribution is 5.23. The van der Waals surface area contributed by atoms with Crippen LogP contribution in [0.1, 0.15) is 38.3 Å². The molecule has 108 valence electrons. The normalized spacial score (nSPS) is 14.7. The lowest BCUT2D eigenvalue weighted by Crippen LogP contribution is -2.17. The van der Waals surface area contributed by atoms with Crippen LogP contribution in [0.2, 0.25) is 0 Å². The first-order valence-electron chi connectivity index (χ1n) is 7.36. The smallest absolute Gasteiger partial charge is 0.0844 e. The number of azo groups is 1. The molecule has 1 aromatic rings. The van der Waals surface area contributed by atoms with Gasteiger partial charge in [-0.15, -0.1) is 0 Å².